The van der Waals surface area contributed by atoms with Crippen LogP contribution in [0.5, 0.6) is 0 Å². The molecule has 35 heavy (non-hydrogen) atoms. The molecule has 1 fully saturated rings. The number of carbonyl (C=O) groups is 3. The Morgan fingerprint density at radius 1 is 1.00 bits per heavy atom. The second-order valence-electron chi connectivity index (χ2n) is 9.04. The average Bonchev–Trinajstić information content (AvgIpc) is 3.22. The highest BCUT2D eigenvalue weighted by molar-refractivity contribution is 7.15. The Hall–Kier alpha value is -3.34. The third-order valence-electron chi connectivity index (χ3n) is 5.40. The van der Waals surface area contributed by atoms with Crippen LogP contribution in [0, 0.1) is 0 Å². The number of aromatic nitrogens is 1. The summed E-state index contributed by atoms with van der Waals surface area (Å²) in [4.78, 5) is 40.9. The molecule has 11 heteroatoms. The minimum Gasteiger partial charge on any atom is -0.447 e. The summed E-state index contributed by atoms with van der Waals surface area (Å²) in [5.74, 6) is 0.298. The number of anilines is 2. The van der Waals surface area contributed by atoms with E-state index in [0.29, 0.717) is 17.3 Å². The lowest BCUT2D eigenvalue weighted by Gasteiger charge is -2.28. The Balaban J connectivity index is 1.68. The van der Waals surface area contributed by atoms with Crippen molar-refractivity contribution < 1.29 is 23.9 Å². The van der Waals surface area contributed by atoms with Crippen molar-refractivity contribution in [2.24, 2.45) is 5.73 Å². The smallest absolute Gasteiger partial charge is 0.411 e. The molecule has 1 aromatic carbocycles. The van der Waals surface area contributed by atoms with Gasteiger partial charge >= 0.3 is 18.2 Å². The van der Waals surface area contributed by atoms with Crippen LogP contribution in [0.3, 0.4) is 0 Å². The Morgan fingerprint density at radius 2 is 1.66 bits per heavy atom. The van der Waals surface area contributed by atoms with E-state index in [1.54, 1.807) is 49.6 Å². The van der Waals surface area contributed by atoms with Crippen molar-refractivity contribution in [3.8, 4) is 10.4 Å². The molecular formula is C24H33N5O5S. The van der Waals surface area contributed by atoms with Gasteiger partial charge in [-0.1, -0.05) is 0 Å². The molecule has 5 N–H and O–H groups in total. The van der Waals surface area contributed by atoms with Gasteiger partial charge in [0.15, 0.2) is 0 Å². The average molecular weight is 504 g/mol. The maximum Gasteiger partial charge on any atom is 0.411 e. The number of benzene rings is 1. The number of amides is 4. The predicted molar refractivity (Wildman–Crippen MR) is 136 cm³/mol. The van der Waals surface area contributed by atoms with Gasteiger partial charge in [-0.25, -0.2) is 19.4 Å². The monoisotopic (exact) mass is 503 g/mol. The lowest BCUT2D eigenvalue weighted by atomic mass is 9.86. The van der Waals surface area contributed by atoms with E-state index < -0.39 is 12.1 Å². The van der Waals surface area contributed by atoms with Gasteiger partial charge in [-0.3, -0.25) is 5.32 Å². The van der Waals surface area contributed by atoms with Crippen LogP contribution >= 0.6 is 11.3 Å². The van der Waals surface area contributed by atoms with Crippen LogP contribution in [0.2, 0.25) is 0 Å². The molecule has 4 amide bonds. The number of thiazole rings is 1. The Kier molecular flexibility index (Phi) is 8.91. The maximum atomic E-state index is 11.9. The van der Waals surface area contributed by atoms with Crippen molar-refractivity contribution in [3.05, 3.63) is 29.4 Å². The van der Waals surface area contributed by atoms with E-state index in [1.807, 2.05) is 13.8 Å². The van der Waals surface area contributed by atoms with Gasteiger partial charge < -0.3 is 25.8 Å². The zero-order chi connectivity index (χ0) is 25.5. The molecule has 1 heterocycles. The molecule has 3 rings (SSSR count). The zero-order valence-corrected chi connectivity index (χ0v) is 21.2. The fraction of sp³-hybridized carbons (Fsp3) is 0.500. The van der Waals surface area contributed by atoms with E-state index in [2.05, 4.69) is 20.9 Å². The second kappa shape index (κ2) is 11.9. The van der Waals surface area contributed by atoms with Crippen molar-refractivity contribution >= 4 is 40.9 Å². The van der Waals surface area contributed by atoms with Gasteiger partial charge in [0.05, 0.1) is 27.8 Å². The molecule has 0 saturated heterocycles. The van der Waals surface area contributed by atoms with Gasteiger partial charge in [-0.05, 0) is 71.6 Å². The molecule has 1 aliphatic rings. The van der Waals surface area contributed by atoms with Crippen LogP contribution in [0.4, 0.5) is 25.8 Å². The van der Waals surface area contributed by atoms with Crippen LogP contribution in [0.25, 0.3) is 10.4 Å². The number of nitrogens with two attached hydrogens (primary N) is 1. The molecule has 0 aliphatic heterocycles. The fourth-order valence-corrected chi connectivity index (χ4v) is 5.06. The van der Waals surface area contributed by atoms with Crippen molar-refractivity contribution in [3.63, 3.8) is 0 Å². The van der Waals surface area contributed by atoms with Gasteiger partial charge in [0, 0.05) is 29.4 Å². The quantitative estimate of drug-likeness (QED) is 0.397. The van der Waals surface area contributed by atoms with Crippen LogP contribution in [0.1, 0.15) is 64.3 Å². The molecule has 0 radical (unpaired) electrons. The van der Waals surface area contributed by atoms with Crippen LogP contribution in [0.15, 0.2) is 24.4 Å². The molecule has 190 valence electrons. The van der Waals surface area contributed by atoms with E-state index in [9.17, 15) is 14.4 Å². The topological polar surface area (TPSA) is 145 Å². The van der Waals surface area contributed by atoms with Crippen LogP contribution in [-0.2, 0) is 9.47 Å². The summed E-state index contributed by atoms with van der Waals surface area (Å²) >= 11 is 1.56. The molecule has 10 nitrogen and oxygen atoms in total. The highest BCUT2D eigenvalue weighted by Crippen LogP contribution is 2.40. The van der Waals surface area contributed by atoms with E-state index in [0.717, 1.165) is 41.1 Å². The van der Waals surface area contributed by atoms with Gasteiger partial charge in [0.2, 0.25) is 0 Å². The van der Waals surface area contributed by atoms with Crippen LogP contribution in [-0.4, -0.2) is 41.5 Å². The summed E-state index contributed by atoms with van der Waals surface area (Å²) < 4.78 is 10.3. The summed E-state index contributed by atoms with van der Waals surface area (Å²) in [6.07, 6.45) is 3.96. The fourth-order valence-electron chi connectivity index (χ4n) is 3.93. The number of ether oxygens (including phenoxy) is 2. The minimum absolute atomic E-state index is 0.103. The number of primary amides is 1. The first-order chi connectivity index (χ1) is 16.6. The third kappa shape index (κ3) is 7.84. The van der Waals surface area contributed by atoms with Gasteiger partial charge in [0.1, 0.15) is 0 Å². The largest absolute Gasteiger partial charge is 0.447 e. The molecule has 1 aromatic heterocycles. The van der Waals surface area contributed by atoms with Crippen LogP contribution < -0.4 is 21.7 Å². The van der Waals surface area contributed by atoms with Crippen molar-refractivity contribution in [2.75, 3.05) is 10.6 Å². The molecular weight excluding hydrogens is 470 g/mol. The highest BCUT2D eigenvalue weighted by Gasteiger charge is 2.26. The number of hydrogen-bond donors (Lipinski definition) is 4. The minimum atomic E-state index is -0.709. The maximum absolute atomic E-state index is 11.9. The Bertz CT molecular complexity index is 1050. The van der Waals surface area contributed by atoms with E-state index in [1.165, 1.54) is 0 Å². The third-order valence-corrected chi connectivity index (χ3v) is 6.59. The summed E-state index contributed by atoms with van der Waals surface area (Å²) in [6.45, 7) is 7.17. The van der Waals surface area contributed by atoms with Crippen molar-refractivity contribution in [1.82, 2.24) is 10.3 Å². The Labute approximate surface area is 209 Å². The summed E-state index contributed by atoms with van der Waals surface area (Å²) in [7, 11) is 0. The molecule has 1 aliphatic carbocycles. The van der Waals surface area contributed by atoms with Crippen molar-refractivity contribution in [2.45, 2.75) is 77.5 Å². The number of nitrogens with zero attached hydrogens (tertiary/aromatic N) is 1. The summed E-state index contributed by atoms with van der Waals surface area (Å²) in [5, 5.41) is 9.22. The van der Waals surface area contributed by atoms with Crippen molar-refractivity contribution in [1.29, 1.82) is 0 Å². The van der Waals surface area contributed by atoms with E-state index in [4.69, 9.17) is 15.2 Å². The molecule has 1 saturated carbocycles. The number of alkyl carbamates (subject to hydrolysis) is 1. The zero-order valence-electron chi connectivity index (χ0n) is 20.4. The summed E-state index contributed by atoms with van der Waals surface area (Å²) in [5.41, 5.74) is 7.06. The first-order valence-electron chi connectivity index (χ1n) is 11.7. The standard InChI is InChI=1S/C24H33N5O5S/c1-13(2)33-23(31)27-16-7-5-15(6-8-16)21-26-12-20(35-21)18-10-9-17(11-19(18)29-22(25)30)28-24(32)34-14(3)4/h9-16H,5-8H2,1-4H3,(H,27,31)(H,28,32)(H3,25,29,30)/t15-,16-. The van der Waals surface area contributed by atoms with E-state index >= 15 is 0 Å². The van der Waals surface area contributed by atoms with Gasteiger partial charge in [-0.2, -0.15) is 0 Å². The normalized spacial score (nSPS) is 17.7. The highest BCUT2D eigenvalue weighted by atomic mass is 32.1. The molecule has 2 aromatic rings. The number of nitrogens with one attached hydrogen (secondary N) is 3. The summed E-state index contributed by atoms with van der Waals surface area (Å²) in [6, 6.07) is 4.56. The van der Waals surface area contributed by atoms with Gasteiger partial charge in [0.25, 0.3) is 0 Å². The first kappa shape index (κ1) is 26.3. The number of urea groups is 1. The lowest BCUT2D eigenvalue weighted by Crippen LogP contribution is -2.38. The number of rotatable bonds is 7. The number of hydrogen-bond acceptors (Lipinski definition) is 7. The lowest BCUT2D eigenvalue weighted by molar-refractivity contribution is 0.109. The molecule has 0 unspecified atom stereocenters. The molecule has 0 spiro atoms. The van der Waals surface area contributed by atoms with E-state index in [-0.39, 0.29) is 24.3 Å². The molecule has 0 bridgehead atoms. The molecule has 0 atom stereocenters. The predicted octanol–water partition coefficient (Wildman–Crippen LogP) is 5.42. The second-order valence-corrected chi connectivity index (χ2v) is 10.1. The number of carbonyl (C=O) groups excluding carboxylic acids is 3. The van der Waals surface area contributed by atoms with Gasteiger partial charge in [-0.15, -0.1) is 11.3 Å². The SMILES string of the molecule is CC(C)OC(=O)Nc1ccc(-c2cnc([C@H]3CC[C@H](NC(=O)OC(C)C)CC3)s2)c(NC(N)=O)c1. The Morgan fingerprint density at radius 3 is 2.29 bits per heavy atom. The first-order valence-corrected chi connectivity index (χ1v) is 12.5.